The molecule has 1 N–H and O–H groups in total. The number of hydrogen-bond acceptors (Lipinski definition) is 1. The van der Waals surface area contributed by atoms with Gasteiger partial charge < -0.3 is 4.98 Å². The van der Waals surface area contributed by atoms with E-state index >= 15 is 0 Å². The fourth-order valence-corrected chi connectivity index (χ4v) is 2.13. The molecule has 0 radical (unpaired) electrons. The van der Waals surface area contributed by atoms with E-state index < -0.39 is 0 Å². The smallest absolute Gasteiger partial charge is 0.182 e. The molecule has 1 aromatic carbocycles. The highest BCUT2D eigenvalue weighted by atomic mass is 32.1. The van der Waals surface area contributed by atoms with E-state index in [1.54, 1.807) is 0 Å². The summed E-state index contributed by atoms with van der Waals surface area (Å²) in [6.45, 7) is 8.66. The SMILES string of the molecule is Cc1ccc(-n2c(C(C)(C)C)c[nH]c2=S)cc1. The lowest BCUT2D eigenvalue weighted by atomic mass is 9.92. The zero-order valence-corrected chi connectivity index (χ0v) is 11.6. The van der Waals surface area contributed by atoms with Crippen LogP contribution in [0.2, 0.25) is 0 Å². The van der Waals surface area contributed by atoms with Gasteiger partial charge in [-0.25, -0.2) is 0 Å². The average Bonchev–Trinajstić information content (AvgIpc) is 2.61. The fourth-order valence-electron chi connectivity index (χ4n) is 1.87. The molecule has 2 rings (SSSR count). The molecule has 0 unspecified atom stereocenters. The Morgan fingerprint density at radius 1 is 1.12 bits per heavy atom. The fraction of sp³-hybridized carbons (Fsp3) is 0.357. The number of H-pyrrole nitrogens is 1. The molecule has 0 aliphatic carbocycles. The minimum atomic E-state index is 0.0679. The Hall–Kier alpha value is -1.35. The second-order valence-electron chi connectivity index (χ2n) is 5.40. The van der Waals surface area contributed by atoms with Crippen molar-refractivity contribution < 1.29 is 0 Å². The first-order valence-electron chi connectivity index (χ1n) is 5.77. The van der Waals surface area contributed by atoms with Gasteiger partial charge in [-0.05, 0) is 31.3 Å². The summed E-state index contributed by atoms with van der Waals surface area (Å²) >= 11 is 5.36. The highest BCUT2D eigenvalue weighted by molar-refractivity contribution is 7.71. The Morgan fingerprint density at radius 3 is 2.24 bits per heavy atom. The largest absolute Gasteiger partial charge is 0.337 e. The molecular formula is C14H18N2S. The molecular weight excluding hydrogens is 228 g/mol. The van der Waals surface area contributed by atoms with Crippen molar-refractivity contribution in [1.29, 1.82) is 0 Å². The van der Waals surface area contributed by atoms with E-state index in [0.717, 1.165) is 10.5 Å². The molecule has 0 aliphatic heterocycles. The normalized spacial score (nSPS) is 11.8. The van der Waals surface area contributed by atoms with Crippen molar-refractivity contribution >= 4 is 12.2 Å². The summed E-state index contributed by atoms with van der Waals surface area (Å²) in [6, 6.07) is 8.43. The van der Waals surface area contributed by atoms with Crippen LogP contribution in [-0.2, 0) is 5.41 Å². The molecule has 0 spiro atoms. The van der Waals surface area contributed by atoms with Crippen LogP contribution in [0.15, 0.2) is 30.5 Å². The molecule has 1 aromatic heterocycles. The molecule has 2 aromatic rings. The Balaban J connectivity index is 2.63. The standard InChI is InChI=1S/C14H18N2S/c1-10-5-7-11(8-6-10)16-12(14(2,3)4)9-15-13(16)17/h5-9H,1-4H3,(H,15,17). The molecule has 17 heavy (non-hydrogen) atoms. The van der Waals surface area contributed by atoms with E-state index in [9.17, 15) is 0 Å². The molecule has 1 heterocycles. The van der Waals surface area contributed by atoms with Gasteiger partial charge in [0.1, 0.15) is 0 Å². The zero-order chi connectivity index (χ0) is 12.6. The van der Waals surface area contributed by atoms with Crippen LogP contribution in [0, 0.1) is 11.7 Å². The van der Waals surface area contributed by atoms with Gasteiger partial charge in [-0.15, -0.1) is 0 Å². The summed E-state index contributed by atoms with van der Waals surface area (Å²) in [5, 5.41) is 0. The van der Waals surface area contributed by atoms with Crippen LogP contribution in [0.5, 0.6) is 0 Å². The van der Waals surface area contributed by atoms with Crippen molar-refractivity contribution in [1.82, 2.24) is 9.55 Å². The molecule has 0 saturated heterocycles. The number of rotatable bonds is 1. The molecule has 0 saturated carbocycles. The van der Waals surface area contributed by atoms with E-state index in [0.29, 0.717) is 0 Å². The van der Waals surface area contributed by atoms with Gasteiger partial charge in [0.2, 0.25) is 0 Å². The van der Waals surface area contributed by atoms with Crippen molar-refractivity contribution in [3.05, 3.63) is 46.5 Å². The Bertz CT molecular complexity index is 568. The van der Waals surface area contributed by atoms with Gasteiger partial charge >= 0.3 is 0 Å². The summed E-state index contributed by atoms with van der Waals surface area (Å²) < 4.78 is 2.85. The molecule has 0 aliphatic rings. The van der Waals surface area contributed by atoms with E-state index in [4.69, 9.17) is 12.2 Å². The third-order valence-electron chi connectivity index (χ3n) is 2.84. The first-order valence-corrected chi connectivity index (χ1v) is 6.18. The van der Waals surface area contributed by atoms with E-state index in [2.05, 4.69) is 61.5 Å². The lowest BCUT2D eigenvalue weighted by Crippen LogP contribution is -2.16. The van der Waals surface area contributed by atoms with E-state index in [-0.39, 0.29) is 5.41 Å². The van der Waals surface area contributed by atoms with Crippen molar-refractivity contribution in [2.75, 3.05) is 0 Å². The minimum absolute atomic E-state index is 0.0679. The Morgan fingerprint density at radius 2 is 1.71 bits per heavy atom. The molecule has 0 atom stereocenters. The van der Waals surface area contributed by atoms with Gasteiger partial charge in [-0.2, -0.15) is 0 Å². The molecule has 2 nitrogen and oxygen atoms in total. The third kappa shape index (κ3) is 2.34. The summed E-state index contributed by atoms with van der Waals surface area (Å²) in [5.41, 5.74) is 3.64. The van der Waals surface area contributed by atoms with Crippen LogP contribution in [0.25, 0.3) is 5.69 Å². The number of nitrogens with one attached hydrogen (secondary N) is 1. The third-order valence-corrected chi connectivity index (χ3v) is 3.14. The summed E-state index contributed by atoms with van der Waals surface area (Å²) in [6.07, 6.45) is 2.00. The number of hydrogen-bond donors (Lipinski definition) is 1. The lowest BCUT2D eigenvalue weighted by molar-refractivity contribution is 0.556. The van der Waals surface area contributed by atoms with Crippen LogP contribution in [0.4, 0.5) is 0 Å². The van der Waals surface area contributed by atoms with Crippen molar-refractivity contribution in [3.63, 3.8) is 0 Å². The highest BCUT2D eigenvalue weighted by Crippen LogP contribution is 2.25. The molecule has 0 amide bonds. The average molecular weight is 246 g/mol. The van der Waals surface area contributed by atoms with Crippen LogP contribution in [-0.4, -0.2) is 9.55 Å². The molecule has 90 valence electrons. The Kier molecular flexibility index (Phi) is 2.96. The zero-order valence-electron chi connectivity index (χ0n) is 10.7. The number of aryl methyl sites for hydroxylation is 1. The number of aromatic nitrogens is 2. The summed E-state index contributed by atoms with van der Waals surface area (Å²) in [4.78, 5) is 3.13. The van der Waals surface area contributed by atoms with Crippen molar-refractivity contribution in [2.45, 2.75) is 33.1 Å². The van der Waals surface area contributed by atoms with Crippen LogP contribution in [0.3, 0.4) is 0 Å². The van der Waals surface area contributed by atoms with Crippen molar-refractivity contribution in [3.8, 4) is 5.69 Å². The van der Waals surface area contributed by atoms with Gasteiger partial charge in [0.05, 0.1) is 0 Å². The maximum Gasteiger partial charge on any atom is 0.182 e. The predicted octanol–water partition coefficient (Wildman–Crippen LogP) is 4.14. The quantitative estimate of drug-likeness (QED) is 0.750. The predicted molar refractivity (Wildman–Crippen MR) is 74.4 cm³/mol. The number of imidazole rings is 1. The van der Waals surface area contributed by atoms with Crippen LogP contribution >= 0.6 is 12.2 Å². The van der Waals surface area contributed by atoms with E-state index in [1.807, 2.05) is 6.20 Å². The molecule has 3 heteroatoms. The molecule has 0 bridgehead atoms. The van der Waals surface area contributed by atoms with Crippen LogP contribution in [0.1, 0.15) is 32.0 Å². The van der Waals surface area contributed by atoms with Gasteiger partial charge in [0.15, 0.2) is 4.77 Å². The highest BCUT2D eigenvalue weighted by Gasteiger charge is 2.19. The van der Waals surface area contributed by atoms with Gasteiger partial charge in [-0.1, -0.05) is 38.5 Å². The van der Waals surface area contributed by atoms with Gasteiger partial charge in [0, 0.05) is 23.0 Å². The van der Waals surface area contributed by atoms with E-state index in [1.165, 1.54) is 11.3 Å². The summed E-state index contributed by atoms with van der Waals surface area (Å²) in [7, 11) is 0. The van der Waals surface area contributed by atoms with Gasteiger partial charge in [-0.3, -0.25) is 4.57 Å². The van der Waals surface area contributed by atoms with Crippen LogP contribution < -0.4 is 0 Å². The number of benzene rings is 1. The molecule has 0 fully saturated rings. The maximum atomic E-state index is 5.36. The second kappa shape index (κ2) is 4.15. The first kappa shape index (κ1) is 12.1. The van der Waals surface area contributed by atoms with Gasteiger partial charge in [0.25, 0.3) is 0 Å². The number of aromatic amines is 1. The lowest BCUT2D eigenvalue weighted by Gasteiger charge is -2.20. The maximum absolute atomic E-state index is 5.36. The minimum Gasteiger partial charge on any atom is -0.337 e. The Labute approximate surface area is 107 Å². The number of nitrogens with zero attached hydrogens (tertiary/aromatic N) is 1. The van der Waals surface area contributed by atoms with Crippen molar-refractivity contribution in [2.24, 2.45) is 0 Å². The monoisotopic (exact) mass is 246 g/mol. The topological polar surface area (TPSA) is 20.7 Å². The first-order chi connectivity index (χ1) is 7.89. The summed E-state index contributed by atoms with van der Waals surface area (Å²) in [5.74, 6) is 0. The second-order valence-corrected chi connectivity index (χ2v) is 5.79.